The van der Waals surface area contributed by atoms with Crippen molar-refractivity contribution >= 4 is 5.91 Å². The SMILES string of the molecule is COc1ccc(CCNC(=O)c2ccc(COC(C)C)cc2)cc1OC. The van der Waals surface area contributed by atoms with E-state index >= 15 is 0 Å². The Morgan fingerprint density at radius 3 is 2.23 bits per heavy atom. The number of hydrogen-bond acceptors (Lipinski definition) is 4. The first-order valence-corrected chi connectivity index (χ1v) is 8.73. The third-order valence-corrected chi connectivity index (χ3v) is 3.95. The molecule has 0 heterocycles. The minimum atomic E-state index is -0.0817. The third kappa shape index (κ3) is 5.77. The second-order valence-electron chi connectivity index (χ2n) is 6.25. The van der Waals surface area contributed by atoms with E-state index in [9.17, 15) is 4.79 Å². The predicted octanol–water partition coefficient (Wildman–Crippen LogP) is 3.60. The van der Waals surface area contributed by atoms with Crippen molar-refractivity contribution in [3.05, 3.63) is 59.2 Å². The molecule has 0 saturated heterocycles. The van der Waals surface area contributed by atoms with Crippen LogP contribution in [-0.2, 0) is 17.8 Å². The van der Waals surface area contributed by atoms with Crippen LogP contribution in [0.3, 0.4) is 0 Å². The lowest BCUT2D eigenvalue weighted by Crippen LogP contribution is -2.25. The smallest absolute Gasteiger partial charge is 0.251 e. The van der Waals surface area contributed by atoms with Gasteiger partial charge in [-0.2, -0.15) is 0 Å². The van der Waals surface area contributed by atoms with Gasteiger partial charge in [-0.05, 0) is 55.7 Å². The van der Waals surface area contributed by atoms with Crippen molar-refractivity contribution in [1.29, 1.82) is 0 Å². The molecule has 0 unspecified atom stereocenters. The van der Waals surface area contributed by atoms with Gasteiger partial charge in [-0.3, -0.25) is 4.79 Å². The maximum Gasteiger partial charge on any atom is 0.251 e. The fourth-order valence-corrected chi connectivity index (χ4v) is 2.47. The zero-order valence-corrected chi connectivity index (χ0v) is 15.9. The Kier molecular flexibility index (Phi) is 7.48. The Bertz CT molecular complexity index is 710. The molecule has 0 saturated carbocycles. The molecule has 5 nitrogen and oxygen atoms in total. The lowest BCUT2D eigenvalue weighted by Gasteiger charge is -2.10. The fourth-order valence-electron chi connectivity index (χ4n) is 2.47. The monoisotopic (exact) mass is 357 g/mol. The number of carbonyl (C=O) groups is 1. The Labute approximate surface area is 155 Å². The number of nitrogens with one attached hydrogen (secondary N) is 1. The number of ether oxygens (including phenoxy) is 3. The molecule has 1 amide bonds. The van der Waals surface area contributed by atoms with Crippen molar-refractivity contribution in [2.75, 3.05) is 20.8 Å². The molecule has 0 atom stereocenters. The van der Waals surface area contributed by atoms with Crippen LogP contribution in [0, 0.1) is 0 Å². The summed E-state index contributed by atoms with van der Waals surface area (Å²) in [6.45, 7) is 5.10. The first-order chi connectivity index (χ1) is 12.5. The summed E-state index contributed by atoms with van der Waals surface area (Å²) in [5, 5.41) is 2.94. The summed E-state index contributed by atoms with van der Waals surface area (Å²) in [6, 6.07) is 13.3. The van der Waals surface area contributed by atoms with Gasteiger partial charge in [0, 0.05) is 12.1 Å². The highest BCUT2D eigenvalue weighted by molar-refractivity contribution is 5.94. The van der Waals surface area contributed by atoms with Crippen LogP contribution < -0.4 is 14.8 Å². The van der Waals surface area contributed by atoms with E-state index in [4.69, 9.17) is 14.2 Å². The van der Waals surface area contributed by atoms with Crippen LogP contribution in [0.5, 0.6) is 11.5 Å². The Balaban J connectivity index is 1.85. The molecular formula is C21H27NO4. The van der Waals surface area contributed by atoms with Crippen LogP contribution in [0.2, 0.25) is 0 Å². The zero-order valence-electron chi connectivity index (χ0n) is 15.9. The minimum absolute atomic E-state index is 0.0817. The highest BCUT2D eigenvalue weighted by Gasteiger charge is 2.07. The summed E-state index contributed by atoms with van der Waals surface area (Å²) >= 11 is 0. The summed E-state index contributed by atoms with van der Waals surface area (Å²) in [5.74, 6) is 1.30. The predicted molar refractivity (Wildman–Crippen MR) is 102 cm³/mol. The van der Waals surface area contributed by atoms with E-state index in [1.807, 2.05) is 56.3 Å². The number of hydrogen-bond donors (Lipinski definition) is 1. The van der Waals surface area contributed by atoms with E-state index in [2.05, 4.69) is 5.32 Å². The lowest BCUT2D eigenvalue weighted by atomic mass is 10.1. The number of carbonyl (C=O) groups excluding carboxylic acids is 1. The van der Waals surface area contributed by atoms with Crippen LogP contribution in [0.4, 0.5) is 0 Å². The molecule has 2 rings (SSSR count). The second kappa shape index (κ2) is 9.82. The van der Waals surface area contributed by atoms with Crippen molar-refractivity contribution in [3.8, 4) is 11.5 Å². The molecule has 1 N–H and O–H groups in total. The van der Waals surface area contributed by atoms with Crippen molar-refractivity contribution < 1.29 is 19.0 Å². The molecule has 26 heavy (non-hydrogen) atoms. The van der Waals surface area contributed by atoms with Crippen LogP contribution in [0.15, 0.2) is 42.5 Å². The van der Waals surface area contributed by atoms with Crippen molar-refractivity contribution in [2.24, 2.45) is 0 Å². The quantitative estimate of drug-likeness (QED) is 0.745. The normalized spacial score (nSPS) is 10.7. The topological polar surface area (TPSA) is 56.8 Å². The van der Waals surface area contributed by atoms with E-state index in [1.165, 1.54) is 0 Å². The Morgan fingerprint density at radius 2 is 1.62 bits per heavy atom. The largest absolute Gasteiger partial charge is 0.493 e. The van der Waals surface area contributed by atoms with Gasteiger partial charge in [0.05, 0.1) is 26.9 Å². The molecule has 0 fully saturated rings. The Hall–Kier alpha value is -2.53. The molecule has 0 spiro atoms. The summed E-state index contributed by atoms with van der Waals surface area (Å²) < 4.78 is 16.1. The van der Waals surface area contributed by atoms with Crippen molar-refractivity contribution in [2.45, 2.75) is 33.0 Å². The van der Waals surface area contributed by atoms with Gasteiger partial charge in [0.1, 0.15) is 0 Å². The van der Waals surface area contributed by atoms with Crippen molar-refractivity contribution in [1.82, 2.24) is 5.32 Å². The van der Waals surface area contributed by atoms with Crippen LogP contribution >= 0.6 is 0 Å². The highest BCUT2D eigenvalue weighted by Crippen LogP contribution is 2.27. The number of benzene rings is 2. The minimum Gasteiger partial charge on any atom is -0.493 e. The molecular weight excluding hydrogens is 330 g/mol. The third-order valence-electron chi connectivity index (χ3n) is 3.95. The summed E-state index contributed by atoms with van der Waals surface area (Å²) in [6.07, 6.45) is 0.904. The molecule has 5 heteroatoms. The standard InChI is InChI=1S/C21H27NO4/c1-15(2)26-14-17-5-8-18(9-6-17)21(23)22-12-11-16-7-10-19(24-3)20(13-16)25-4/h5-10,13,15H,11-12,14H2,1-4H3,(H,22,23). The van der Waals surface area contributed by atoms with Crippen LogP contribution in [0.25, 0.3) is 0 Å². The summed E-state index contributed by atoms with van der Waals surface area (Å²) in [7, 11) is 3.22. The van der Waals surface area contributed by atoms with Crippen LogP contribution in [-0.4, -0.2) is 32.8 Å². The molecule has 140 valence electrons. The number of amides is 1. The molecule has 0 aliphatic carbocycles. The summed E-state index contributed by atoms with van der Waals surface area (Å²) in [4.78, 5) is 12.2. The van der Waals surface area contributed by atoms with Gasteiger partial charge in [0.2, 0.25) is 0 Å². The van der Waals surface area contributed by atoms with E-state index < -0.39 is 0 Å². The second-order valence-corrected chi connectivity index (χ2v) is 6.25. The highest BCUT2D eigenvalue weighted by atomic mass is 16.5. The summed E-state index contributed by atoms with van der Waals surface area (Å²) in [5.41, 5.74) is 2.77. The van der Waals surface area contributed by atoms with Gasteiger partial charge in [0.25, 0.3) is 5.91 Å². The van der Waals surface area contributed by atoms with Gasteiger partial charge in [-0.25, -0.2) is 0 Å². The van der Waals surface area contributed by atoms with Gasteiger partial charge in [-0.1, -0.05) is 18.2 Å². The zero-order chi connectivity index (χ0) is 18.9. The first kappa shape index (κ1) is 19.8. The fraction of sp³-hybridized carbons (Fsp3) is 0.381. The average Bonchev–Trinajstić information content (AvgIpc) is 2.66. The molecule has 2 aromatic carbocycles. The molecule has 0 bridgehead atoms. The maximum atomic E-state index is 12.2. The van der Waals surface area contributed by atoms with E-state index in [-0.39, 0.29) is 12.0 Å². The molecule has 0 aliphatic heterocycles. The van der Waals surface area contributed by atoms with Gasteiger partial charge < -0.3 is 19.5 Å². The Morgan fingerprint density at radius 1 is 0.962 bits per heavy atom. The molecule has 2 aromatic rings. The molecule has 0 aromatic heterocycles. The number of methoxy groups -OCH3 is 2. The number of rotatable bonds is 9. The maximum absolute atomic E-state index is 12.2. The lowest BCUT2D eigenvalue weighted by molar-refractivity contribution is 0.0657. The van der Waals surface area contributed by atoms with E-state index in [1.54, 1.807) is 14.2 Å². The first-order valence-electron chi connectivity index (χ1n) is 8.73. The van der Waals surface area contributed by atoms with E-state index in [0.29, 0.717) is 36.6 Å². The van der Waals surface area contributed by atoms with Gasteiger partial charge in [0.15, 0.2) is 11.5 Å². The van der Waals surface area contributed by atoms with Gasteiger partial charge in [-0.15, -0.1) is 0 Å². The van der Waals surface area contributed by atoms with Crippen LogP contribution in [0.1, 0.15) is 35.3 Å². The molecule has 0 aliphatic rings. The molecule has 0 radical (unpaired) electrons. The van der Waals surface area contributed by atoms with Crippen molar-refractivity contribution in [3.63, 3.8) is 0 Å². The average molecular weight is 357 g/mol. The van der Waals surface area contributed by atoms with E-state index in [0.717, 1.165) is 11.1 Å². The van der Waals surface area contributed by atoms with Gasteiger partial charge >= 0.3 is 0 Å².